The molecule has 0 spiro atoms. The quantitative estimate of drug-likeness (QED) is 0.719. The highest BCUT2D eigenvalue weighted by atomic mass is 32.2. The van der Waals surface area contributed by atoms with Crippen LogP contribution >= 0.6 is 0 Å². The number of rotatable bonds is 6. The Morgan fingerprint density at radius 3 is 2.47 bits per heavy atom. The second kappa shape index (κ2) is 8.27. The lowest BCUT2D eigenvalue weighted by Gasteiger charge is -2.27. The van der Waals surface area contributed by atoms with E-state index in [9.17, 15) is 27.1 Å². The maximum Gasteiger partial charge on any atom is 0.407 e. The van der Waals surface area contributed by atoms with E-state index < -0.39 is 58.7 Å². The Morgan fingerprint density at radius 1 is 1.20 bits per heavy atom. The van der Waals surface area contributed by atoms with Gasteiger partial charge in [0.25, 0.3) is 5.92 Å². The van der Waals surface area contributed by atoms with E-state index in [-0.39, 0.29) is 11.1 Å². The molecular weight excluding hydrogens is 421 g/mol. The van der Waals surface area contributed by atoms with Crippen LogP contribution in [0.3, 0.4) is 0 Å². The van der Waals surface area contributed by atoms with E-state index in [2.05, 4.69) is 0 Å². The van der Waals surface area contributed by atoms with Crippen molar-refractivity contribution in [2.45, 2.75) is 31.4 Å². The third-order valence-corrected chi connectivity index (χ3v) is 6.52. The summed E-state index contributed by atoms with van der Waals surface area (Å²) in [6, 6.07) is 9.57. The van der Waals surface area contributed by atoms with Crippen molar-refractivity contribution in [1.82, 2.24) is 9.62 Å². The smallest absolute Gasteiger partial charge is 0.407 e. The second-order valence-electron chi connectivity index (χ2n) is 7.09. The molecular formula is C20H21F3N2O4S. The number of carbonyl (C=O) groups is 1. The van der Waals surface area contributed by atoms with Gasteiger partial charge in [-0.05, 0) is 24.5 Å². The minimum atomic E-state index is -4.05. The van der Waals surface area contributed by atoms with Crippen LogP contribution in [0.2, 0.25) is 0 Å². The van der Waals surface area contributed by atoms with Crippen molar-refractivity contribution < 1.29 is 31.5 Å². The van der Waals surface area contributed by atoms with Gasteiger partial charge in [-0.2, -0.15) is 0 Å². The summed E-state index contributed by atoms with van der Waals surface area (Å²) in [5.41, 5.74) is 0.836. The number of sulfonamides is 1. The van der Waals surface area contributed by atoms with Crippen molar-refractivity contribution in [3.63, 3.8) is 0 Å². The van der Waals surface area contributed by atoms with Crippen LogP contribution in [-0.4, -0.2) is 54.8 Å². The Balaban J connectivity index is 2.00. The normalized spacial score (nSPS) is 21.0. The van der Waals surface area contributed by atoms with Crippen LogP contribution in [0.4, 0.5) is 18.0 Å². The number of likely N-dealkylation sites (tertiary alicyclic amines) is 1. The van der Waals surface area contributed by atoms with E-state index in [1.165, 1.54) is 19.1 Å². The number of alkyl halides is 2. The lowest BCUT2D eigenvalue weighted by molar-refractivity contribution is -0.00563. The van der Waals surface area contributed by atoms with Gasteiger partial charge < -0.3 is 5.11 Å². The molecule has 0 saturated carbocycles. The first-order valence-corrected chi connectivity index (χ1v) is 10.9. The molecule has 0 aromatic heterocycles. The highest BCUT2D eigenvalue weighted by Gasteiger charge is 2.57. The molecule has 0 unspecified atom stereocenters. The summed E-state index contributed by atoms with van der Waals surface area (Å²) >= 11 is 0. The van der Waals surface area contributed by atoms with E-state index in [0.717, 1.165) is 0 Å². The Hall–Kier alpha value is -2.59. The number of nitrogens with one attached hydrogen (secondary N) is 1. The largest absolute Gasteiger partial charge is 0.465 e. The molecule has 2 atom stereocenters. The molecule has 2 aromatic rings. The zero-order valence-corrected chi connectivity index (χ0v) is 16.9. The minimum absolute atomic E-state index is 0.0194. The van der Waals surface area contributed by atoms with Crippen LogP contribution < -0.4 is 4.72 Å². The minimum Gasteiger partial charge on any atom is -0.465 e. The summed E-state index contributed by atoms with van der Waals surface area (Å²) in [6.07, 6.45) is -2.04. The molecule has 1 fully saturated rings. The Kier molecular flexibility index (Phi) is 6.09. The number of amides is 1. The number of hydrogen-bond acceptors (Lipinski definition) is 3. The van der Waals surface area contributed by atoms with Gasteiger partial charge in [0, 0.05) is 5.56 Å². The summed E-state index contributed by atoms with van der Waals surface area (Å²) in [7, 11) is -4.05. The summed E-state index contributed by atoms with van der Waals surface area (Å²) in [5.74, 6) is -4.75. The number of hydrogen-bond donors (Lipinski definition) is 2. The number of benzene rings is 2. The molecule has 0 aliphatic carbocycles. The molecule has 1 aliphatic rings. The zero-order chi connectivity index (χ0) is 22.1. The molecule has 2 N–H and O–H groups in total. The summed E-state index contributed by atoms with van der Waals surface area (Å²) < 4.78 is 70.1. The molecule has 3 rings (SSSR count). The zero-order valence-electron chi connectivity index (χ0n) is 16.1. The van der Waals surface area contributed by atoms with Crippen LogP contribution in [0.15, 0.2) is 48.5 Å². The average Bonchev–Trinajstić information content (AvgIpc) is 2.94. The fraction of sp³-hybridized carbons (Fsp3) is 0.350. The van der Waals surface area contributed by atoms with Gasteiger partial charge in [0.05, 0.1) is 18.3 Å². The first-order valence-electron chi connectivity index (χ1n) is 9.26. The molecule has 2 aromatic carbocycles. The van der Waals surface area contributed by atoms with Crippen molar-refractivity contribution in [3.8, 4) is 11.1 Å². The predicted molar refractivity (Wildman–Crippen MR) is 105 cm³/mol. The molecule has 1 saturated heterocycles. The van der Waals surface area contributed by atoms with E-state index >= 15 is 4.39 Å². The summed E-state index contributed by atoms with van der Waals surface area (Å²) in [6.45, 7) is 0.103. The van der Waals surface area contributed by atoms with Gasteiger partial charge in [0.15, 0.2) is 0 Å². The predicted octanol–water partition coefficient (Wildman–Crippen LogP) is 3.34. The maximum absolute atomic E-state index is 15.2. The standard InChI is InChI=1S/C20H21F3N2O4S/c1-2-30(28,29)24-18-16(25(19(26)27)12-20(18,22)23)11-14-9-6-10-15(17(14)21)13-7-4-3-5-8-13/h3-10,16,18,24H,2,11-12H2,1H3,(H,26,27)/t16-,18+/m0/s1. The van der Waals surface area contributed by atoms with Gasteiger partial charge in [-0.1, -0.05) is 48.5 Å². The van der Waals surface area contributed by atoms with Crippen molar-refractivity contribution in [3.05, 3.63) is 59.9 Å². The summed E-state index contributed by atoms with van der Waals surface area (Å²) in [5, 5.41) is 9.39. The number of nitrogens with zero attached hydrogens (tertiary/aromatic N) is 1. The highest BCUT2D eigenvalue weighted by Crippen LogP contribution is 2.36. The monoisotopic (exact) mass is 442 g/mol. The van der Waals surface area contributed by atoms with E-state index in [1.807, 2.05) is 4.72 Å². The van der Waals surface area contributed by atoms with Crippen LogP contribution in [0.5, 0.6) is 0 Å². The molecule has 1 heterocycles. The maximum atomic E-state index is 15.2. The lowest BCUT2D eigenvalue weighted by Crippen LogP contribution is -2.52. The first kappa shape index (κ1) is 22.1. The lowest BCUT2D eigenvalue weighted by atomic mass is 9.95. The Morgan fingerprint density at radius 2 is 1.87 bits per heavy atom. The van der Waals surface area contributed by atoms with Gasteiger partial charge >= 0.3 is 6.09 Å². The number of carboxylic acid groups (broad SMARTS) is 1. The van der Waals surface area contributed by atoms with Crippen molar-refractivity contribution >= 4 is 16.1 Å². The topological polar surface area (TPSA) is 86.7 Å². The first-order chi connectivity index (χ1) is 14.1. The van der Waals surface area contributed by atoms with Gasteiger partial charge in [-0.25, -0.2) is 31.1 Å². The molecule has 0 bridgehead atoms. The van der Waals surface area contributed by atoms with Gasteiger partial charge in [0.2, 0.25) is 10.0 Å². The van der Waals surface area contributed by atoms with Gasteiger partial charge in [-0.15, -0.1) is 0 Å². The number of halogens is 3. The van der Waals surface area contributed by atoms with Gasteiger partial charge in [0.1, 0.15) is 11.9 Å². The third kappa shape index (κ3) is 4.44. The molecule has 6 nitrogen and oxygen atoms in total. The van der Waals surface area contributed by atoms with Crippen molar-refractivity contribution in [2.24, 2.45) is 0 Å². The van der Waals surface area contributed by atoms with Crippen LogP contribution in [0.25, 0.3) is 11.1 Å². The van der Waals surface area contributed by atoms with Crippen LogP contribution in [-0.2, 0) is 16.4 Å². The fourth-order valence-corrected chi connectivity index (χ4v) is 4.47. The third-order valence-electron chi connectivity index (χ3n) is 5.15. The molecule has 0 radical (unpaired) electrons. The summed E-state index contributed by atoms with van der Waals surface area (Å²) in [4.78, 5) is 12.0. The Labute approximate surface area is 172 Å². The Bertz CT molecular complexity index is 1030. The van der Waals surface area contributed by atoms with Crippen LogP contribution in [0.1, 0.15) is 12.5 Å². The fourth-order valence-electron chi connectivity index (χ4n) is 3.59. The van der Waals surface area contributed by atoms with Gasteiger partial charge in [-0.3, -0.25) is 4.90 Å². The molecule has 10 heteroatoms. The second-order valence-corrected chi connectivity index (χ2v) is 9.13. The molecule has 162 valence electrons. The molecule has 30 heavy (non-hydrogen) atoms. The molecule has 1 aliphatic heterocycles. The van der Waals surface area contributed by atoms with Crippen LogP contribution in [0, 0.1) is 5.82 Å². The van der Waals surface area contributed by atoms with Crippen molar-refractivity contribution in [2.75, 3.05) is 12.3 Å². The van der Waals surface area contributed by atoms with E-state index in [1.54, 1.807) is 36.4 Å². The van der Waals surface area contributed by atoms with E-state index in [4.69, 9.17) is 0 Å². The highest BCUT2D eigenvalue weighted by molar-refractivity contribution is 7.89. The van der Waals surface area contributed by atoms with Crippen molar-refractivity contribution in [1.29, 1.82) is 0 Å². The average molecular weight is 442 g/mol. The molecule has 1 amide bonds. The van der Waals surface area contributed by atoms with E-state index in [0.29, 0.717) is 10.5 Å². The SMILES string of the molecule is CCS(=O)(=O)N[C@@H]1[C@H](Cc2cccc(-c3ccccc3)c2F)N(C(=O)O)CC1(F)F.